The van der Waals surface area contributed by atoms with Crippen LogP contribution in [0.5, 0.6) is 0 Å². The second-order valence-corrected chi connectivity index (χ2v) is 10.1. The van der Waals surface area contributed by atoms with E-state index in [0.717, 1.165) is 43.4 Å². The number of hydrogen-bond acceptors (Lipinski definition) is 3. The van der Waals surface area contributed by atoms with Gasteiger partial charge in [0.05, 0.1) is 12.6 Å². The van der Waals surface area contributed by atoms with Crippen molar-refractivity contribution >= 4 is 5.78 Å². The summed E-state index contributed by atoms with van der Waals surface area (Å²) in [6.45, 7) is 2.39. The van der Waals surface area contributed by atoms with Crippen molar-refractivity contribution in [3.63, 3.8) is 0 Å². The SMILES string of the molecule is CC12CCC3C4CCC(F)CC4CCC3C1CCC2C(=O)Cc1ncco1. The molecular formula is C23H32FNO2. The first kappa shape index (κ1) is 17.9. The van der Waals surface area contributed by atoms with E-state index in [-0.39, 0.29) is 11.3 Å². The number of carbonyl (C=O) groups excluding carboxylic acids is 1. The van der Waals surface area contributed by atoms with Gasteiger partial charge in [-0.05, 0) is 92.8 Å². The highest BCUT2D eigenvalue weighted by molar-refractivity contribution is 5.83. The number of rotatable bonds is 3. The Morgan fingerprint density at radius 3 is 2.81 bits per heavy atom. The zero-order valence-corrected chi connectivity index (χ0v) is 16.4. The maximum Gasteiger partial charge on any atom is 0.201 e. The van der Waals surface area contributed by atoms with Crippen LogP contribution in [0.3, 0.4) is 0 Å². The highest BCUT2D eigenvalue weighted by Crippen LogP contribution is 2.64. The molecule has 8 unspecified atom stereocenters. The predicted octanol–water partition coefficient (Wildman–Crippen LogP) is 5.39. The number of ketones is 1. The van der Waals surface area contributed by atoms with Gasteiger partial charge in [-0.2, -0.15) is 0 Å². The molecule has 0 bridgehead atoms. The molecule has 1 aromatic heterocycles. The number of nitrogens with zero attached hydrogens (tertiary/aromatic N) is 1. The number of carbonyl (C=O) groups is 1. The maximum atomic E-state index is 13.9. The smallest absolute Gasteiger partial charge is 0.201 e. The van der Waals surface area contributed by atoms with Gasteiger partial charge in [-0.15, -0.1) is 0 Å². The molecule has 4 aliphatic rings. The van der Waals surface area contributed by atoms with Crippen LogP contribution in [0.1, 0.15) is 70.6 Å². The Bertz CT molecular complexity index is 689. The molecule has 0 aliphatic heterocycles. The van der Waals surface area contributed by atoms with Gasteiger partial charge < -0.3 is 4.42 Å². The molecule has 4 heteroatoms. The van der Waals surface area contributed by atoms with Crippen molar-refractivity contribution in [2.45, 2.75) is 77.3 Å². The molecule has 5 rings (SSSR count). The standard InChI is InChI=1S/C23H32FNO2/c1-23-9-8-17-16-5-3-15(24)12-14(16)2-4-18(17)19(23)6-7-20(23)21(26)13-22-25-10-11-27-22/h10-11,14-20H,2-9,12-13H2,1H3. The van der Waals surface area contributed by atoms with Crippen LogP contribution in [-0.4, -0.2) is 16.9 Å². The number of halogens is 1. The summed E-state index contributed by atoms with van der Waals surface area (Å²) in [5.74, 6) is 4.66. The van der Waals surface area contributed by atoms with Crippen molar-refractivity contribution in [1.29, 1.82) is 0 Å². The van der Waals surface area contributed by atoms with Crippen LogP contribution in [0.15, 0.2) is 16.9 Å². The summed E-state index contributed by atoms with van der Waals surface area (Å²) in [4.78, 5) is 17.2. The highest BCUT2D eigenvalue weighted by atomic mass is 19.1. The Kier molecular flexibility index (Phi) is 4.44. The summed E-state index contributed by atoms with van der Waals surface area (Å²) in [6.07, 6.45) is 12.8. The van der Waals surface area contributed by atoms with Gasteiger partial charge in [0.15, 0.2) is 0 Å². The Morgan fingerprint density at radius 1 is 1.15 bits per heavy atom. The lowest BCUT2D eigenvalue weighted by atomic mass is 9.49. The minimum absolute atomic E-state index is 0.148. The summed E-state index contributed by atoms with van der Waals surface area (Å²) in [5.41, 5.74) is 0.148. The fourth-order valence-corrected chi connectivity index (χ4v) is 7.94. The number of hydrogen-bond donors (Lipinski definition) is 0. The fourth-order valence-electron chi connectivity index (χ4n) is 7.94. The Balaban J connectivity index is 1.33. The minimum Gasteiger partial charge on any atom is -0.449 e. The molecule has 3 nitrogen and oxygen atoms in total. The largest absolute Gasteiger partial charge is 0.449 e. The van der Waals surface area contributed by atoms with Gasteiger partial charge in [0.2, 0.25) is 5.89 Å². The third-order valence-corrected chi connectivity index (χ3v) is 9.09. The van der Waals surface area contributed by atoms with Crippen molar-refractivity contribution < 1.29 is 13.6 Å². The molecular weight excluding hydrogens is 341 g/mol. The molecule has 4 saturated carbocycles. The molecule has 4 aliphatic carbocycles. The highest BCUT2D eigenvalue weighted by Gasteiger charge is 2.58. The lowest BCUT2D eigenvalue weighted by Gasteiger charge is -2.55. The van der Waals surface area contributed by atoms with E-state index in [9.17, 15) is 9.18 Å². The first-order valence-electron chi connectivity index (χ1n) is 11.1. The average molecular weight is 374 g/mol. The minimum atomic E-state index is -0.555. The van der Waals surface area contributed by atoms with E-state index < -0.39 is 6.17 Å². The second kappa shape index (κ2) is 6.70. The predicted molar refractivity (Wildman–Crippen MR) is 101 cm³/mol. The molecule has 0 amide bonds. The molecule has 27 heavy (non-hydrogen) atoms. The van der Waals surface area contributed by atoms with E-state index in [1.165, 1.54) is 32.1 Å². The normalized spacial score (nSPS) is 46.4. The lowest BCUT2D eigenvalue weighted by Crippen LogP contribution is -2.49. The Morgan fingerprint density at radius 2 is 2.00 bits per heavy atom. The van der Waals surface area contributed by atoms with E-state index in [2.05, 4.69) is 11.9 Å². The van der Waals surface area contributed by atoms with Crippen LogP contribution in [-0.2, 0) is 11.2 Å². The molecule has 0 radical (unpaired) electrons. The number of aromatic nitrogens is 1. The van der Waals surface area contributed by atoms with Crippen molar-refractivity contribution in [3.8, 4) is 0 Å². The molecule has 4 fully saturated rings. The Hall–Kier alpha value is -1.19. The van der Waals surface area contributed by atoms with Gasteiger partial charge in [0.25, 0.3) is 0 Å². The first-order valence-corrected chi connectivity index (χ1v) is 11.1. The summed E-state index contributed by atoms with van der Waals surface area (Å²) < 4.78 is 19.2. The summed E-state index contributed by atoms with van der Waals surface area (Å²) in [6, 6.07) is 0. The van der Waals surface area contributed by atoms with Crippen molar-refractivity contribution in [1.82, 2.24) is 4.98 Å². The van der Waals surface area contributed by atoms with Crippen molar-refractivity contribution in [2.75, 3.05) is 0 Å². The van der Waals surface area contributed by atoms with Crippen LogP contribution >= 0.6 is 0 Å². The summed E-state index contributed by atoms with van der Waals surface area (Å²) in [5, 5.41) is 0. The molecule has 0 saturated heterocycles. The second-order valence-electron chi connectivity index (χ2n) is 10.1. The summed E-state index contributed by atoms with van der Waals surface area (Å²) in [7, 11) is 0. The fraction of sp³-hybridized carbons (Fsp3) is 0.826. The van der Waals surface area contributed by atoms with Crippen LogP contribution in [0.2, 0.25) is 0 Å². The van der Waals surface area contributed by atoms with Crippen LogP contribution in [0.4, 0.5) is 4.39 Å². The molecule has 8 atom stereocenters. The lowest BCUT2D eigenvalue weighted by molar-refractivity contribution is -0.130. The molecule has 1 heterocycles. The van der Waals surface area contributed by atoms with Gasteiger partial charge in [-0.3, -0.25) is 4.79 Å². The molecule has 0 spiro atoms. The quantitative estimate of drug-likeness (QED) is 0.713. The van der Waals surface area contributed by atoms with E-state index in [0.29, 0.717) is 29.9 Å². The summed E-state index contributed by atoms with van der Waals surface area (Å²) >= 11 is 0. The van der Waals surface area contributed by atoms with Crippen LogP contribution < -0.4 is 0 Å². The van der Waals surface area contributed by atoms with Gasteiger partial charge >= 0.3 is 0 Å². The van der Waals surface area contributed by atoms with Crippen molar-refractivity contribution in [3.05, 3.63) is 18.4 Å². The third kappa shape index (κ3) is 2.89. The molecule has 148 valence electrons. The number of fused-ring (bicyclic) bond motifs is 5. The third-order valence-electron chi connectivity index (χ3n) is 9.09. The van der Waals surface area contributed by atoms with Crippen LogP contribution in [0, 0.1) is 40.9 Å². The van der Waals surface area contributed by atoms with Gasteiger partial charge in [0, 0.05) is 5.92 Å². The average Bonchev–Trinajstić information content (AvgIpc) is 3.28. The first-order chi connectivity index (χ1) is 13.1. The van der Waals surface area contributed by atoms with Crippen LogP contribution in [0.25, 0.3) is 0 Å². The van der Waals surface area contributed by atoms with E-state index in [1.54, 1.807) is 12.5 Å². The molecule has 1 aromatic rings. The number of oxazole rings is 1. The number of alkyl halides is 1. The monoisotopic (exact) mass is 373 g/mol. The number of Topliss-reactive ketones (excluding diaryl/α,β-unsaturated/α-hetero) is 1. The van der Waals surface area contributed by atoms with E-state index >= 15 is 0 Å². The zero-order valence-electron chi connectivity index (χ0n) is 16.4. The molecule has 0 aromatic carbocycles. The maximum absolute atomic E-state index is 13.9. The molecule has 0 N–H and O–H groups in total. The van der Waals surface area contributed by atoms with E-state index in [1.807, 2.05) is 0 Å². The zero-order chi connectivity index (χ0) is 18.6. The van der Waals surface area contributed by atoms with Gasteiger partial charge in [0.1, 0.15) is 18.2 Å². The Labute approximate surface area is 161 Å². The van der Waals surface area contributed by atoms with Gasteiger partial charge in [-0.1, -0.05) is 6.92 Å². The van der Waals surface area contributed by atoms with E-state index in [4.69, 9.17) is 4.42 Å². The topological polar surface area (TPSA) is 43.1 Å². The van der Waals surface area contributed by atoms with Gasteiger partial charge in [-0.25, -0.2) is 9.37 Å². The van der Waals surface area contributed by atoms with Crippen molar-refractivity contribution in [2.24, 2.45) is 40.9 Å².